The summed E-state index contributed by atoms with van der Waals surface area (Å²) in [6, 6.07) is 3.65. The van der Waals surface area contributed by atoms with Crippen molar-refractivity contribution in [1.29, 1.82) is 0 Å². The number of halogens is 1. The summed E-state index contributed by atoms with van der Waals surface area (Å²) in [6.45, 7) is 1.37. The molecule has 1 aromatic heterocycles. The van der Waals surface area contributed by atoms with E-state index in [0.29, 0.717) is 16.8 Å². The van der Waals surface area contributed by atoms with E-state index in [4.69, 9.17) is 4.74 Å². The topological polar surface area (TPSA) is 42.4 Å². The number of likely N-dealkylation sites (N-methyl/N-ethyl adjacent to an activating group) is 1. The fourth-order valence-corrected chi connectivity index (χ4v) is 2.10. The molecule has 5 heteroatoms. The van der Waals surface area contributed by atoms with E-state index in [2.05, 4.69) is 20.9 Å². The minimum Gasteiger partial charge on any atom is -0.379 e. The molecule has 0 bridgehead atoms. The van der Waals surface area contributed by atoms with Crippen LogP contribution in [0.25, 0.3) is 0 Å². The first-order valence-corrected chi connectivity index (χ1v) is 5.94. The number of nitrogens with zero attached hydrogens (tertiary/aromatic N) is 2. The third kappa shape index (κ3) is 2.41. The number of pyridine rings is 1. The van der Waals surface area contributed by atoms with E-state index in [0.717, 1.165) is 13.0 Å². The average Bonchev–Trinajstić information content (AvgIpc) is 2.80. The van der Waals surface area contributed by atoms with Crippen molar-refractivity contribution in [2.24, 2.45) is 0 Å². The molecule has 2 heterocycles. The van der Waals surface area contributed by atoms with Gasteiger partial charge in [-0.3, -0.25) is 4.79 Å². The van der Waals surface area contributed by atoms with Gasteiger partial charge in [-0.05, 0) is 34.5 Å². The Hall–Kier alpha value is -0.940. The number of ether oxygens (including phenoxy) is 1. The Bertz CT molecular complexity index is 391. The van der Waals surface area contributed by atoms with E-state index >= 15 is 0 Å². The zero-order valence-corrected chi connectivity index (χ0v) is 10.6. The second kappa shape index (κ2) is 4.93. The highest BCUT2D eigenvalue weighted by Crippen LogP contribution is 2.15. The maximum atomic E-state index is 12.1. The Kier molecular flexibility index (Phi) is 3.56. The molecule has 4 nitrogen and oxygen atoms in total. The van der Waals surface area contributed by atoms with Gasteiger partial charge in [-0.25, -0.2) is 4.98 Å². The maximum absolute atomic E-state index is 12.1. The minimum atomic E-state index is 0.0126. The molecule has 1 aromatic rings. The van der Waals surface area contributed by atoms with Crippen molar-refractivity contribution in [1.82, 2.24) is 9.88 Å². The van der Waals surface area contributed by atoms with Gasteiger partial charge in [0.25, 0.3) is 5.91 Å². The van der Waals surface area contributed by atoms with Gasteiger partial charge in [-0.1, -0.05) is 0 Å². The highest BCUT2D eigenvalue weighted by atomic mass is 79.9. The summed E-state index contributed by atoms with van der Waals surface area (Å²) in [5.41, 5.74) is 0.649. The Morgan fingerprint density at radius 3 is 3.12 bits per heavy atom. The maximum Gasteiger partial charge on any atom is 0.254 e. The molecular formula is C11H13BrN2O2. The summed E-state index contributed by atoms with van der Waals surface area (Å²) < 4.78 is 5.95. The van der Waals surface area contributed by atoms with Crippen LogP contribution in [-0.2, 0) is 4.74 Å². The molecule has 1 atom stereocenters. The van der Waals surface area contributed by atoms with E-state index in [1.165, 1.54) is 0 Å². The predicted molar refractivity (Wildman–Crippen MR) is 63.3 cm³/mol. The van der Waals surface area contributed by atoms with Gasteiger partial charge in [0.15, 0.2) is 0 Å². The Balaban J connectivity index is 2.12. The second-order valence-corrected chi connectivity index (χ2v) is 4.61. The summed E-state index contributed by atoms with van der Waals surface area (Å²) >= 11 is 3.26. The van der Waals surface area contributed by atoms with E-state index in [-0.39, 0.29) is 11.9 Å². The van der Waals surface area contributed by atoms with Crippen LogP contribution in [0.5, 0.6) is 0 Å². The van der Waals surface area contributed by atoms with Crippen molar-refractivity contribution in [3.05, 3.63) is 28.5 Å². The Morgan fingerprint density at radius 2 is 2.50 bits per heavy atom. The van der Waals surface area contributed by atoms with Gasteiger partial charge >= 0.3 is 0 Å². The zero-order valence-electron chi connectivity index (χ0n) is 9.02. The Labute approximate surface area is 103 Å². The SMILES string of the molecule is CN(C(=O)c1ccnc(Br)c1)C1CCOC1. The van der Waals surface area contributed by atoms with Crippen LogP contribution in [0, 0.1) is 0 Å². The molecular weight excluding hydrogens is 272 g/mol. The van der Waals surface area contributed by atoms with Gasteiger partial charge in [-0.2, -0.15) is 0 Å². The summed E-state index contributed by atoms with van der Waals surface area (Å²) in [5.74, 6) is 0.0126. The Morgan fingerprint density at radius 1 is 1.69 bits per heavy atom. The van der Waals surface area contributed by atoms with Gasteiger partial charge in [0.05, 0.1) is 12.6 Å². The third-order valence-corrected chi connectivity index (χ3v) is 3.18. The number of rotatable bonds is 2. The molecule has 0 aliphatic carbocycles. The van der Waals surface area contributed by atoms with E-state index in [1.54, 1.807) is 23.2 Å². The molecule has 1 amide bonds. The molecule has 16 heavy (non-hydrogen) atoms. The molecule has 1 unspecified atom stereocenters. The van der Waals surface area contributed by atoms with Crippen LogP contribution >= 0.6 is 15.9 Å². The molecule has 1 saturated heterocycles. The molecule has 0 aromatic carbocycles. The molecule has 1 aliphatic rings. The zero-order chi connectivity index (χ0) is 11.5. The second-order valence-electron chi connectivity index (χ2n) is 3.80. The highest BCUT2D eigenvalue weighted by molar-refractivity contribution is 9.10. The quantitative estimate of drug-likeness (QED) is 0.777. The smallest absolute Gasteiger partial charge is 0.254 e. The lowest BCUT2D eigenvalue weighted by Crippen LogP contribution is -2.37. The first-order valence-electron chi connectivity index (χ1n) is 5.15. The van der Waals surface area contributed by atoms with Crippen LogP contribution in [0.2, 0.25) is 0 Å². The number of carbonyl (C=O) groups is 1. The summed E-state index contributed by atoms with van der Waals surface area (Å²) in [7, 11) is 1.82. The van der Waals surface area contributed by atoms with Gasteiger partial charge in [-0.15, -0.1) is 0 Å². The monoisotopic (exact) mass is 284 g/mol. The van der Waals surface area contributed by atoms with E-state index in [9.17, 15) is 4.79 Å². The lowest BCUT2D eigenvalue weighted by atomic mass is 10.2. The van der Waals surface area contributed by atoms with Crippen LogP contribution in [0.1, 0.15) is 16.8 Å². The van der Waals surface area contributed by atoms with Crippen molar-refractivity contribution in [2.45, 2.75) is 12.5 Å². The third-order valence-electron chi connectivity index (χ3n) is 2.75. The van der Waals surface area contributed by atoms with E-state index in [1.807, 2.05) is 7.05 Å². The lowest BCUT2D eigenvalue weighted by molar-refractivity contribution is 0.0711. The standard InChI is InChI=1S/C11H13BrN2O2/c1-14(9-3-5-16-7-9)11(15)8-2-4-13-10(12)6-8/h2,4,6,9H,3,5,7H2,1H3. The van der Waals surface area contributed by atoms with Crippen molar-refractivity contribution in [3.63, 3.8) is 0 Å². The number of hydrogen-bond donors (Lipinski definition) is 0. The molecule has 86 valence electrons. The number of aromatic nitrogens is 1. The molecule has 0 saturated carbocycles. The van der Waals surface area contributed by atoms with Crippen LogP contribution in [0.15, 0.2) is 22.9 Å². The van der Waals surface area contributed by atoms with Crippen molar-refractivity contribution in [3.8, 4) is 0 Å². The fraction of sp³-hybridized carbons (Fsp3) is 0.455. The molecule has 1 aliphatic heterocycles. The normalized spacial score (nSPS) is 19.8. The van der Waals surface area contributed by atoms with Gasteiger partial charge < -0.3 is 9.64 Å². The predicted octanol–water partition coefficient (Wildman–Crippen LogP) is 1.70. The number of carbonyl (C=O) groups excluding carboxylic acids is 1. The van der Waals surface area contributed by atoms with Crippen molar-refractivity contribution in [2.75, 3.05) is 20.3 Å². The first kappa shape index (κ1) is 11.5. The molecule has 0 N–H and O–H groups in total. The number of hydrogen-bond acceptors (Lipinski definition) is 3. The first-order chi connectivity index (χ1) is 7.68. The minimum absolute atomic E-state index is 0.0126. The van der Waals surface area contributed by atoms with Gasteiger partial charge in [0.2, 0.25) is 0 Å². The lowest BCUT2D eigenvalue weighted by Gasteiger charge is -2.23. The largest absolute Gasteiger partial charge is 0.379 e. The van der Waals surface area contributed by atoms with Crippen molar-refractivity contribution < 1.29 is 9.53 Å². The van der Waals surface area contributed by atoms with Gasteiger partial charge in [0, 0.05) is 25.4 Å². The molecule has 2 rings (SSSR count). The summed E-state index contributed by atoms with van der Waals surface area (Å²) in [5, 5.41) is 0. The van der Waals surface area contributed by atoms with Crippen LogP contribution in [-0.4, -0.2) is 42.1 Å². The fourth-order valence-electron chi connectivity index (χ4n) is 1.73. The molecule has 1 fully saturated rings. The van der Waals surface area contributed by atoms with E-state index < -0.39 is 0 Å². The van der Waals surface area contributed by atoms with Gasteiger partial charge in [0.1, 0.15) is 4.60 Å². The molecule has 0 radical (unpaired) electrons. The number of amides is 1. The van der Waals surface area contributed by atoms with Crippen LogP contribution in [0.3, 0.4) is 0 Å². The van der Waals surface area contributed by atoms with Crippen molar-refractivity contribution >= 4 is 21.8 Å². The highest BCUT2D eigenvalue weighted by Gasteiger charge is 2.24. The summed E-state index contributed by atoms with van der Waals surface area (Å²) in [6.07, 6.45) is 2.53. The average molecular weight is 285 g/mol. The summed E-state index contributed by atoms with van der Waals surface area (Å²) in [4.78, 5) is 17.9. The van der Waals surface area contributed by atoms with Crippen LogP contribution < -0.4 is 0 Å². The molecule has 0 spiro atoms. The van der Waals surface area contributed by atoms with Crippen LogP contribution in [0.4, 0.5) is 0 Å².